The summed E-state index contributed by atoms with van der Waals surface area (Å²) in [4.78, 5) is 36.8. The zero-order chi connectivity index (χ0) is 21.4. The number of hydrogen-bond acceptors (Lipinski definition) is 4. The molecule has 2 aromatic rings. The lowest BCUT2D eigenvalue weighted by Crippen LogP contribution is -2.53. The number of carbonyl (C=O) groups excluding carboxylic acids is 3. The number of esters is 1. The molecule has 0 fully saturated rings. The molecule has 2 amide bonds. The SMILES string of the molecule is COC(=O)[C@@H](Cc1ccc(C)c(C)c1)NC(=O)[C@@H](Cc1ccccc1)NC(C)=O. The van der Waals surface area contributed by atoms with E-state index >= 15 is 0 Å². The van der Waals surface area contributed by atoms with Crippen molar-refractivity contribution in [3.05, 3.63) is 70.8 Å². The lowest BCUT2D eigenvalue weighted by molar-refractivity contribution is -0.145. The molecule has 0 unspecified atom stereocenters. The summed E-state index contributed by atoms with van der Waals surface area (Å²) < 4.78 is 4.88. The number of nitrogens with one attached hydrogen (secondary N) is 2. The third-order valence-electron chi connectivity index (χ3n) is 4.79. The van der Waals surface area contributed by atoms with Gasteiger partial charge in [-0.05, 0) is 36.1 Å². The number of carbonyl (C=O) groups is 3. The molecule has 0 aromatic heterocycles. The van der Waals surface area contributed by atoms with E-state index in [9.17, 15) is 14.4 Å². The average molecular weight is 396 g/mol. The summed E-state index contributed by atoms with van der Waals surface area (Å²) in [6.07, 6.45) is 0.626. The highest BCUT2D eigenvalue weighted by atomic mass is 16.5. The number of methoxy groups -OCH3 is 1. The minimum absolute atomic E-state index is 0.303. The standard InChI is InChI=1S/C23H28N2O4/c1-15-10-11-19(12-16(15)2)14-21(23(28)29-4)25-22(27)20(24-17(3)26)13-18-8-6-5-7-9-18/h5-12,20-21H,13-14H2,1-4H3,(H,24,26)(H,25,27)/t20-,21-/m1/s1. The minimum atomic E-state index is -0.846. The van der Waals surface area contributed by atoms with Crippen molar-refractivity contribution in [3.63, 3.8) is 0 Å². The molecule has 0 aliphatic rings. The fourth-order valence-electron chi connectivity index (χ4n) is 3.08. The van der Waals surface area contributed by atoms with Crippen LogP contribution >= 0.6 is 0 Å². The molecule has 0 saturated carbocycles. The quantitative estimate of drug-likeness (QED) is 0.671. The first-order valence-corrected chi connectivity index (χ1v) is 9.55. The maximum atomic E-state index is 12.9. The van der Waals surface area contributed by atoms with Gasteiger partial charge in [0.15, 0.2) is 0 Å². The Bertz CT molecular complexity index is 864. The van der Waals surface area contributed by atoms with Gasteiger partial charge in [-0.1, -0.05) is 48.5 Å². The molecule has 6 nitrogen and oxygen atoms in total. The van der Waals surface area contributed by atoms with Gasteiger partial charge in [-0.25, -0.2) is 4.79 Å². The van der Waals surface area contributed by atoms with E-state index in [0.29, 0.717) is 12.8 Å². The molecule has 2 atom stereocenters. The highest BCUT2D eigenvalue weighted by Gasteiger charge is 2.27. The van der Waals surface area contributed by atoms with Crippen LogP contribution in [0.4, 0.5) is 0 Å². The van der Waals surface area contributed by atoms with Crippen molar-refractivity contribution in [1.29, 1.82) is 0 Å². The fourth-order valence-corrected chi connectivity index (χ4v) is 3.08. The highest BCUT2D eigenvalue weighted by molar-refractivity contribution is 5.90. The first kappa shape index (κ1) is 22.1. The Labute approximate surface area is 171 Å². The molecule has 0 saturated heterocycles. The van der Waals surface area contributed by atoms with Gasteiger partial charge in [0, 0.05) is 19.8 Å². The van der Waals surface area contributed by atoms with Gasteiger partial charge in [0.2, 0.25) is 11.8 Å². The normalized spacial score (nSPS) is 12.6. The summed E-state index contributed by atoms with van der Waals surface area (Å²) in [5, 5.41) is 5.42. The predicted octanol–water partition coefficient (Wildman–Crippen LogP) is 2.25. The van der Waals surface area contributed by atoms with E-state index < -0.39 is 24.0 Å². The Morgan fingerprint density at radius 1 is 0.862 bits per heavy atom. The summed E-state index contributed by atoms with van der Waals surface area (Å²) in [6.45, 7) is 5.37. The van der Waals surface area contributed by atoms with Crippen LogP contribution < -0.4 is 10.6 Å². The maximum absolute atomic E-state index is 12.9. The van der Waals surface area contributed by atoms with Gasteiger partial charge in [0.1, 0.15) is 12.1 Å². The third kappa shape index (κ3) is 6.75. The Balaban J connectivity index is 2.17. The first-order valence-electron chi connectivity index (χ1n) is 9.55. The van der Waals surface area contributed by atoms with Gasteiger partial charge in [0.05, 0.1) is 7.11 Å². The number of ether oxygens (including phenoxy) is 1. The molecule has 154 valence electrons. The Hall–Kier alpha value is -3.15. The van der Waals surface area contributed by atoms with Gasteiger partial charge >= 0.3 is 5.97 Å². The van der Waals surface area contributed by atoms with E-state index in [2.05, 4.69) is 10.6 Å². The van der Waals surface area contributed by atoms with Gasteiger partial charge in [-0.3, -0.25) is 9.59 Å². The summed E-state index contributed by atoms with van der Waals surface area (Å²) in [6, 6.07) is 13.7. The molecule has 0 spiro atoms. The van der Waals surface area contributed by atoms with Crippen LogP contribution in [-0.2, 0) is 32.0 Å². The number of benzene rings is 2. The molecule has 2 N–H and O–H groups in total. The maximum Gasteiger partial charge on any atom is 0.328 e. The highest BCUT2D eigenvalue weighted by Crippen LogP contribution is 2.13. The van der Waals surface area contributed by atoms with Crippen molar-refractivity contribution in [2.45, 2.75) is 45.7 Å². The second-order valence-corrected chi connectivity index (χ2v) is 7.15. The van der Waals surface area contributed by atoms with Crippen molar-refractivity contribution in [2.75, 3.05) is 7.11 Å². The topological polar surface area (TPSA) is 84.5 Å². The van der Waals surface area contributed by atoms with Crippen LogP contribution in [0.15, 0.2) is 48.5 Å². The molecule has 0 aliphatic heterocycles. The predicted molar refractivity (Wildman–Crippen MR) is 111 cm³/mol. The monoisotopic (exact) mass is 396 g/mol. The molecule has 6 heteroatoms. The van der Waals surface area contributed by atoms with Crippen molar-refractivity contribution in [1.82, 2.24) is 10.6 Å². The van der Waals surface area contributed by atoms with Crippen molar-refractivity contribution >= 4 is 17.8 Å². The number of aryl methyl sites for hydroxylation is 2. The molecule has 0 bridgehead atoms. The van der Waals surface area contributed by atoms with E-state index in [4.69, 9.17) is 4.74 Å². The third-order valence-corrected chi connectivity index (χ3v) is 4.79. The summed E-state index contributed by atoms with van der Waals surface area (Å²) >= 11 is 0. The van der Waals surface area contributed by atoms with Crippen LogP contribution in [0, 0.1) is 13.8 Å². The molecular weight excluding hydrogens is 368 g/mol. The molecule has 2 rings (SSSR count). The molecular formula is C23H28N2O4. The Kier molecular flexibility index (Phi) is 7.95. The number of rotatable bonds is 8. The van der Waals surface area contributed by atoms with Gasteiger partial charge in [-0.2, -0.15) is 0 Å². The zero-order valence-electron chi connectivity index (χ0n) is 17.3. The lowest BCUT2D eigenvalue weighted by Gasteiger charge is -2.22. The largest absolute Gasteiger partial charge is 0.467 e. The number of amides is 2. The van der Waals surface area contributed by atoms with Gasteiger partial charge in [0.25, 0.3) is 0 Å². The smallest absolute Gasteiger partial charge is 0.328 e. The van der Waals surface area contributed by atoms with E-state index in [-0.39, 0.29) is 5.91 Å². The van der Waals surface area contributed by atoms with Crippen molar-refractivity contribution < 1.29 is 19.1 Å². The molecule has 0 aliphatic carbocycles. The van der Waals surface area contributed by atoms with Crippen LogP contribution in [0.2, 0.25) is 0 Å². The lowest BCUT2D eigenvalue weighted by atomic mass is 10.00. The van der Waals surface area contributed by atoms with Crippen LogP contribution in [0.5, 0.6) is 0 Å². The second-order valence-electron chi connectivity index (χ2n) is 7.15. The van der Waals surface area contributed by atoms with E-state index in [1.807, 2.05) is 62.4 Å². The first-order chi connectivity index (χ1) is 13.8. The van der Waals surface area contributed by atoms with E-state index in [0.717, 1.165) is 22.3 Å². The van der Waals surface area contributed by atoms with Crippen LogP contribution in [0.25, 0.3) is 0 Å². The van der Waals surface area contributed by atoms with Crippen molar-refractivity contribution in [2.24, 2.45) is 0 Å². The van der Waals surface area contributed by atoms with Crippen LogP contribution in [0.1, 0.15) is 29.2 Å². The van der Waals surface area contributed by atoms with Crippen molar-refractivity contribution in [3.8, 4) is 0 Å². The number of hydrogen-bond donors (Lipinski definition) is 2. The molecule has 2 aromatic carbocycles. The molecule has 0 heterocycles. The minimum Gasteiger partial charge on any atom is -0.467 e. The summed E-state index contributed by atoms with van der Waals surface area (Å²) in [7, 11) is 1.29. The van der Waals surface area contributed by atoms with Gasteiger partial charge in [-0.15, -0.1) is 0 Å². The molecule has 29 heavy (non-hydrogen) atoms. The Morgan fingerprint density at radius 3 is 2.10 bits per heavy atom. The molecule has 0 radical (unpaired) electrons. The van der Waals surface area contributed by atoms with E-state index in [1.54, 1.807) is 0 Å². The fraction of sp³-hybridized carbons (Fsp3) is 0.348. The van der Waals surface area contributed by atoms with Crippen LogP contribution in [0.3, 0.4) is 0 Å². The average Bonchev–Trinajstić information content (AvgIpc) is 2.69. The van der Waals surface area contributed by atoms with Crippen LogP contribution in [-0.4, -0.2) is 37.0 Å². The summed E-state index contributed by atoms with van der Waals surface area (Å²) in [5.41, 5.74) is 4.09. The zero-order valence-corrected chi connectivity index (χ0v) is 17.3. The van der Waals surface area contributed by atoms with Gasteiger partial charge < -0.3 is 15.4 Å². The summed E-state index contributed by atoms with van der Waals surface area (Å²) in [5.74, 6) is -1.27. The second kappa shape index (κ2) is 10.4. The van der Waals surface area contributed by atoms with E-state index in [1.165, 1.54) is 14.0 Å². The Morgan fingerprint density at radius 2 is 1.52 bits per heavy atom.